The van der Waals surface area contributed by atoms with E-state index in [9.17, 15) is 4.79 Å². The first-order valence-corrected chi connectivity index (χ1v) is 6.19. The van der Waals surface area contributed by atoms with Crippen LogP contribution in [0, 0.1) is 12.8 Å². The van der Waals surface area contributed by atoms with Crippen molar-refractivity contribution < 1.29 is 9.53 Å². The maximum Gasteiger partial charge on any atom is 0.414 e. The predicted molar refractivity (Wildman–Crippen MR) is 65.4 cm³/mol. The zero-order valence-corrected chi connectivity index (χ0v) is 10.7. The first kappa shape index (κ1) is 11.8. The SMILES string of the molecule is Cc1csc2nc(NC(=O)OCC(C)C)nn12. The van der Waals surface area contributed by atoms with Crippen molar-refractivity contribution in [1.29, 1.82) is 0 Å². The third-order valence-electron chi connectivity index (χ3n) is 2.01. The fourth-order valence-electron chi connectivity index (χ4n) is 1.21. The number of ether oxygens (including phenoxy) is 1. The van der Waals surface area contributed by atoms with Gasteiger partial charge in [-0.2, -0.15) is 4.98 Å². The van der Waals surface area contributed by atoms with Gasteiger partial charge in [0.1, 0.15) is 0 Å². The Balaban J connectivity index is 2.00. The number of thiazole rings is 1. The predicted octanol–water partition coefficient (Wildman–Crippen LogP) is 2.30. The van der Waals surface area contributed by atoms with E-state index in [0.717, 1.165) is 10.7 Å². The van der Waals surface area contributed by atoms with Crippen molar-refractivity contribution in [2.45, 2.75) is 20.8 Å². The molecule has 0 atom stereocenters. The van der Waals surface area contributed by atoms with Crippen LogP contribution in [0.4, 0.5) is 10.7 Å². The molecule has 0 saturated heterocycles. The lowest BCUT2D eigenvalue weighted by atomic mass is 10.2. The molecule has 6 nitrogen and oxygen atoms in total. The highest BCUT2D eigenvalue weighted by Crippen LogP contribution is 2.15. The summed E-state index contributed by atoms with van der Waals surface area (Å²) < 4.78 is 6.66. The van der Waals surface area contributed by atoms with E-state index in [1.54, 1.807) is 4.52 Å². The van der Waals surface area contributed by atoms with Crippen molar-refractivity contribution >= 4 is 28.3 Å². The van der Waals surface area contributed by atoms with E-state index in [4.69, 9.17) is 4.74 Å². The Morgan fingerprint density at radius 2 is 2.41 bits per heavy atom. The molecule has 0 aromatic carbocycles. The number of amides is 1. The number of fused-ring (bicyclic) bond motifs is 1. The van der Waals surface area contributed by atoms with Crippen molar-refractivity contribution in [3.05, 3.63) is 11.1 Å². The van der Waals surface area contributed by atoms with Crippen LogP contribution in [0.5, 0.6) is 0 Å². The van der Waals surface area contributed by atoms with Gasteiger partial charge in [0, 0.05) is 5.38 Å². The number of carbonyl (C=O) groups is 1. The highest BCUT2D eigenvalue weighted by Gasteiger charge is 2.11. The average molecular weight is 254 g/mol. The van der Waals surface area contributed by atoms with E-state index >= 15 is 0 Å². The second-order valence-electron chi connectivity index (χ2n) is 4.12. The van der Waals surface area contributed by atoms with Gasteiger partial charge in [-0.05, 0) is 12.8 Å². The molecule has 0 fully saturated rings. The summed E-state index contributed by atoms with van der Waals surface area (Å²) >= 11 is 1.48. The average Bonchev–Trinajstić information content (AvgIpc) is 2.78. The van der Waals surface area contributed by atoms with Crippen molar-refractivity contribution in [3.8, 4) is 0 Å². The summed E-state index contributed by atoms with van der Waals surface area (Å²) in [5, 5.41) is 8.60. The topological polar surface area (TPSA) is 68.5 Å². The summed E-state index contributed by atoms with van der Waals surface area (Å²) in [5.41, 5.74) is 0.987. The van der Waals surface area contributed by atoms with E-state index < -0.39 is 6.09 Å². The standard InChI is InChI=1S/C10H14N4O2S/c1-6(2)4-16-10(15)12-8-11-9-14(13-8)7(3)5-17-9/h5-6H,4H2,1-3H3,(H,12,13,15). The molecule has 0 spiro atoms. The van der Waals surface area contributed by atoms with E-state index in [2.05, 4.69) is 15.4 Å². The van der Waals surface area contributed by atoms with Crippen LogP contribution >= 0.6 is 11.3 Å². The number of nitrogens with one attached hydrogen (secondary N) is 1. The fraction of sp³-hybridized carbons (Fsp3) is 0.500. The minimum absolute atomic E-state index is 0.272. The highest BCUT2D eigenvalue weighted by atomic mass is 32.1. The van der Waals surface area contributed by atoms with Crippen molar-refractivity contribution in [3.63, 3.8) is 0 Å². The molecule has 0 aliphatic heterocycles. The molecule has 0 unspecified atom stereocenters. The summed E-state index contributed by atoms with van der Waals surface area (Å²) in [6, 6.07) is 0. The Morgan fingerprint density at radius 3 is 3.06 bits per heavy atom. The molecule has 0 bridgehead atoms. The molecular weight excluding hydrogens is 240 g/mol. The third kappa shape index (κ3) is 2.73. The molecule has 7 heteroatoms. The van der Waals surface area contributed by atoms with Crippen LogP contribution < -0.4 is 5.32 Å². The van der Waals surface area contributed by atoms with Gasteiger partial charge in [-0.15, -0.1) is 16.4 Å². The Hall–Kier alpha value is -1.63. The van der Waals surface area contributed by atoms with Crippen LogP contribution in [0.3, 0.4) is 0 Å². The molecular formula is C10H14N4O2S. The maximum atomic E-state index is 11.4. The van der Waals surface area contributed by atoms with E-state index in [0.29, 0.717) is 12.5 Å². The lowest BCUT2D eigenvalue weighted by Crippen LogP contribution is -2.17. The maximum absolute atomic E-state index is 11.4. The number of aromatic nitrogens is 3. The zero-order valence-electron chi connectivity index (χ0n) is 9.93. The molecule has 2 heterocycles. The Kier molecular flexibility index (Phi) is 3.28. The van der Waals surface area contributed by atoms with Gasteiger partial charge in [-0.3, -0.25) is 5.32 Å². The smallest absolute Gasteiger partial charge is 0.414 e. The van der Waals surface area contributed by atoms with E-state index in [1.165, 1.54) is 11.3 Å². The monoisotopic (exact) mass is 254 g/mol. The molecule has 17 heavy (non-hydrogen) atoms. The zero-order chi connectivity index (χ0) is 12.4. The molecule has 0 aliphatic carbocycles. The molecule has 0 aliphatic rings. The van der Waals surface area contributed by atoms with Crippen LogP contribution in [0.1, 0.15) is 19.5 Å². The van der Waals surface area contributed by atoms with Crippen molar-refractivity contribution in [1.82, 2.24) is 14.6 Å². The Morgan fingerprint density at radius 1 is 1.65 bits per heavy atom. The first-order valence-electron chi connectivity index (χ1n) is 5.31. The molecule has 1 amide bonds. The van der Waals surface area contributed by atoms with Crippen LogP contribution in [0.2, 0.25) is 0 Å². The summed E-state index contributed by atoms with van der Waals surface area (Å²) in [6.45, 7) is 6.26. The van der Waals surface area contributed by atoms with Gasteiger partial charge >= 0.3 is 6.09 Å². The Bertz CT molecular complexity index is 531. The highest BCUT2D eigenvalue weighted by molar-refractivity contribution is 7.15. The van der Waals surface area contributed by atoms with Crippen LogP contribution in [0.15, 0.2) is 5.38 Å². The molecule has 0 radical (unpaired) electrons. The van der Waals surface area contributed by atoms with Crippen LogP contribution in [-0.2, 0) is 4.74 Å². The second-order valence-corrected chi connectivity index (χ2v) is 4.96. The van der Waals surface area contributed by atoms with Gasteiger partial charge < -0.3 is 4.74 Å². The summed E-state index contributed by atoms with van der Waals surface area (Å²) in [4.78, 5) is 16.3. The lowest BCUT2D eigenvalue weighted by Gasteiger charge is -2.05. The van der Waals surface area contributed by atoms with E-state index in [-0.39, 0.29) is 5.95 Å². The van der Waals surface area contributed by atoms with Gasteiger partial charge in [0.05, 0.1) is 12.3 Å². The quantitative estimate of drug-likeness (QED) is 0.912. The Labute approximate surface area is 103 Å². The number of anilines is 1. The molecule has 1 N–H and O–H groups in total. The van der Waals surface area contributed by atoms with Gasteiger partial charge in [0.25, 0.3) is 5.95 Å². The summed E-state index contributed by atoms with van der Waals surface area (Å²) in [5.74, 6) is 0.579. The van der Waals surface area contributed by atoms with Gasteiger partial charge in [-0.1, -0.05) is 13.8 Å². The van der Waals surface area contributed by atoms with Crippen molar-refractivity contribution in [2.75, 3.05) is 11.9 Å². The summed E-state index contributed by atoms with van der Waals surface area (Å²) in [7, 11) is 0. The summed E-state index contributed by atoms with van der Waals surface area (Å²) in [6.07, 6.45) is -0.519. The van der Waals surface area contributed by atoms with Gasteiger partial charge in [0.15, 0.2) is 0 Å². The minimum atomic E-state index is -0.519. The van der Waals surface area contributed by atoms with Crippen LogP contribution in [-0.4, -0.2) is 27.3 Å². The molecule has 0 saturated carbocycles. The van der Waals surface area contributed by atoms with Crippen LogP contribution in [0.25, 0.3) is 4.96 Å². The number of nitrogens with zero attached hydrogens (tertiary/aromatic N) is 3. The van der Waals surface area contributed by atoms with Crippen molar-refractivity contribution in [2.24, 2.45) is 5.92 Å². The molecule has 92 valence electrons. The number of hydrogen-bond acceptors (Lipinski definition) is 5. The first-order chi connectivity index (χ1) is 8.06. The normalized spacial score (nSPS) is 11.1. The molecule has 2 aromatic rings. The minimum Gasteiger partial charge on any atom is -0.449 e. The number of carbonyl (C=O) groups excluding carboxylic acids is 1. The number of rotatable bonds is 3. The van der Waals surface area contributed by atoms with Gasteiger partial charge in [-0.25, -0.2) is 9.31 Å². The number of hydrogen-bond donors (Lipinski definition) is 1. The largest absolute Gasteiger partial charge is 0.449 e. The molecule has 2 aromatic heterocycles. The second kappa shape index (κ2) is 4.70. The number of aryl methyl sites for hydroxylation is 1. The fourth-order valence-corrected chi connectivity index (χ4v) is 2.01. The van der Waals surface area contributed by atoms with E-state index in [1.807, 2.05) is 26.2 Å². The third-order valence-corrected chi connectivity index (χ3v) is 2.94. The molecule has 2 rings (SSSR count). The lowest BCUT2D eigenvalue weighted by molar-refractivity contribution is 0.147. The van der Waals surface area contributed by atoms with Gasteiger partial charge in [0.2, 0.25) is 4.96 Å².